The van der Waals surface area contributed by atoms with E-state index >= 15 is 0 Å². The first-order chi connectivity index (χ1) is 24.7. The van der Waals surface area contributed by atoms with Crippen molar-refractivity contribution < 1.29 is 55.1 Å². The zero-order valence-corrected chi connectivity index (χ0v) is 27.0. The van der Waals surface area contributed by atoms with Crippen LogP contribution in [0.2, 0.25) is 0 Å². The third-order valence-electron chi connectivity index (χ3n) is 8.37. The second-order valence-electron chi connectivity index (χ2n) is 11.8. The SMILES string of the molecule is Cc1c([C@@H](NC(=O)Nc2cnc(NCCOCCc3cccc4c3C(=O)N(C3CCC(=O)NC3=O)C4=O)nc2)C(F)(F)F)oc2c(F)cc(F)cc12. The zero-order chi connectivity index (χ0) is 37.3. The number of imide groups is 2. The fourth-order valence-corrected chi connectivity index (χ4v) is 5.93. The number of benzene rings is 2. The van der Waals surface area contributed by atoms with Crippen molar-refractivity contribution in [3.63, 3.8) is 0 Å². The molecule has 52 heavy (non-hydrogen) atoms. The summed E-state index contributed by atoms with van der Waals surface area (Å²) in [5.74, 6) is -5.30. The molecular weight excluding hydrogens is 701 g/mol. The van der Waals surface area contributed by atoms with Gasteiger partial charge in [0.2, 0.25) is 17.8 Å². The molecule has 2 atom stereocenters. The van der Waals surface area contributed by atoms with Crippen molar-refractivity contribution in [2.75, 3.05) is 30.4 Å². The summed E-state index contributed by atoms with van der Waals surface area (Å²) in [6.45, 7) is 1.72. The van der Waals surface area contributed by atoms with Crippen molar-refractivity contribution >= 4 is 52.3 Å². The summed E-state index contributed by atoms with van der Waals surface area (Å²) >= 11 is 0. The molecule has 0 bridgehead atoms. The molecule has 1 saturated heterocycles. The number of aryl methyl sites for hydroxylation is 1. The first-order valence-electron chi connectivity index (χ1n) is 15.7. The van der Waals surface area contributed by atoms with Crippen LogP contribution in [-0.4, -0.2) is 76.5 Å². The molecule has 0 spiro atoms. The highest BCUT2D eigenvalue weighted by Crippen LogP contribution is 2.39. The predicted molar refractivity (Wildman–Crippen MR) is 170 cm³/mol. The van der Waals surface area contributed by atoms with Gasteiger partial charge in [-0.3, -0.25) is 29.4 Å². The van der Waals surface area contributed by atoms with E-state index < -0.39 is 70.9 Å². The van der Waals surface area contributed by atoms with Crippen molar-refractivity contribution in [3.05, 3.63) is 82.4 Å². The molecule has 272 valence electrons. The normalized spacial score (nSPS) is 16.6. The number of alkyl halides is 3. The number of furan rings is 1. The lowest BCUT2D eigenvalue weighted by atomic mass is 10.0. The molecule has 4 heterocycles. The van der Waals surface area contributed by atoms with E-state index in [9.17, 15) is 45.9 Å². The van der Waals surface area contributed by atoms with Crippen molar-refractivity contribution in [2.24, 2.45) is 0 Å². The van der Waals surface area contributed by atoms with Crippen molar-refractivity contribution in [3.8, 4) is 0 Å². The van der Waals surface area contributed by atoms with Crippen LogP contribution in [0.15, 0.2) is 47.1 Å². The molecule has 2 aliphatic heterocycles. The Labute approximate surface area is 290 Å². The number of carbonyl (C=O) groups is 5. The molecule has 6 amide bonds. The molecule has 2 aromatic carbocycles. The van der Waals surface area contributed by atoms with Gasteiger partial charge in [0.05, 0.1) is 42.4 Å². The van der Waals surface area contributed by atoms with Gasteiger partial charge in [-0.25, -0.2) is 23.5 Å². The van der Waals surface area contributed by atoms with Crippen LogP contribution in [0.1, 0.15) is 56.5 Å². The Kier molecular flexibility index (Phi) is 9.88. The minimum Gasteiger partial charge on any atom is -0.455 e. The molecule has 19 heteroatoms. The highest BCUT2D eigenvalue weighted by atomic mass is 19.4. The van der Waals surface area contributed by atoms with E-state index in [0.717, 1.165) is 23.4 Å². The fraction of sp³-hybridized carbons (Fsp3) is 0.303. The molecular formula is C33H28F5N7O7. The lowest BCUT2D eigenvalue weighted by Crippen LogP contribution is -2.54. The average molecular weight is 730 g/mol. The quantitative estimate of drug-likeness (QED) is 0.0986. The lowest BCUT2D eigenvalue weighted by Gasteiger charge is -2.27. The number of hydrogen-bond donors (Lipinski definition) is 4. The first kappa shape index (κ1) is 35.8. The number of piperidine rings is 1. The Morgan fingerprint density at radius 3 is 2.56 bits per heavy atom. The Bertz CT molecular complexity index is 2090. The molecule has 2 aliphatic rings. The minimum absolute atomic E-state index is 0.00876. The molecule has 2 aromatic heterocycles. The van der Waals surface area contributed by atoms with Gasteiger partial charge in [-0.05, 0) is 37.5 Å². The summed E-state index contributed by atoms with van der Waals surface area (Å²) in [5.41, 5.74) is 0.0489. The minimum atomic E-state index is -5.06. The third-order valence-corrected chi connectivity index (χ3v) is 8.37. The Hall–Kier alpha value is -5.98. The maximum atomic E-state index is 14.1. The highest BCUT2D eigenvalue weighted by molar-refractivity contribution is 6.24. The van der Waals surface area contributed by atoms with Gasteiger partial charge in [0.25, 0.3) is 11.8 Å². The standard InChI is InChI=1S/C33H28F5N7O7/c1-15-20-11-17(34)12-21(35)26(20)52-25(15)27(33(36,37)38)44-32(50)42-18-13-40-31(41-14-18)39-8-10-51-9-7-16-3-2-4-19-24(16)30(49)45(29(19)48)22-5-6-23(46)43-28(22)47/h2-4,11-14,22,27H,5-10H2,1H3,(H,39,40,41)(H2,42,44,50)(H,43,46,47)/t22?,27-/m1/s1. The maximum absolute atomic E-state index is 14.1. The van der Waals surface area contributed by atoms with E-state index in [1.165, 1.54) is 13.0 Å². The van der Waals surface area contributed by atoms with Crippen LogP contribution in [0, 0.1) is 18.6 Å². The van der Waals surface area contributed by atoms with Gasteiger partial charge < -0.3 is 25.1 Å². The van der Waals surface area contributed by atoms with Crippen LogP contribution < -0.4 is 21.3 Å². The number of rotatable bonds is 11. The Morgan fingerprint density at radius 2 is 1.85 bits per heavy atom. The molecule has 0 saturated carbocycles. The van der Waals surface area contributed by atoms with Crippen LogP contribution in [0.3, 0.4) is 0 Å². The number of carbonyl (C=O) groups excluding carboxylic acids is 5. The molecule has 1 unspecified atom stereocenters. The number of urea groups is 1. The molecule has 1 fully saturated rings. The van der Waals surface area contributed by atoms with Crippen molar-refractivity contribution in [2.45, 2.75) is 44.4 Å². The van der Waals surface area contributed by atoms with Crippen molar-refractivity contribution in [1.29, 1.82) is 0 Å². The van der Waals surface area contributed by atoms with Crippen LogP contribution in [-0.2, 0) is 20.7 Å². The second-order valence-corrected chi connectivity index (χ2v) is 11.8. The summed E-state index contributed by atoms with van der Waals surface area (Å²) in [4.78, 5) is 71.4. The smallest absolute Gasteiger partial charge is 0.416 e. The van der Waals surface area contributed by atoms with Crippen LogP contribution >= 0.6 is 0 Å². The van der Waals surface area contributed by atoms with Gasteiger partial charge in [-0.1, -0.05) is 12.1 Å². The van der Waals surface area contributed by atoms with Crippen LogP contribution in [0.4, 0.5) is 38.4 Å². The number of nitrogens with one attached hydrogen (secondary N) is 4. The van der Waals surface area contributed by atoms with Crippen molar-refractivity contribution in [1.82, 2.24) is 25.5 Å². The fourth-order valence-electron chi connectivity index (χ4n) is 5.93. The Morgan fingerprint density at radius 1 is 1.10 bits per heavy atom. The van der Waals surface area contributed by atoms with Gasteiger partial charge >= 0.3 is 12.2 Å². The number of anilines is 2. The summed E-state index contributed by atoms with van der Waals surface area (Å²) in [7, 11) is 0. The van der Waals surface area contributed by atoms with Crippen LogP contribution in [0.5, 0.6) is 0 Å². The van der Waals surface area contributed by atoms with E-state index in [1.54, 1.807) is 17.4 Å². The van der Waals surface area contributed by atoms with Gasteiger partial charge in [0.15, 0.2) is 17.4 Å². The first-order valence-corrected chi connectivity index (χ1v) is 15.7. The number of ether oxygens (including phenoxy) is 1. The van der Waals surface area contributed by atoms with Gasteiger partial charge in [-0.2, -0.15) is 13.2 Å². The topological polar surface area (TPSA) is 185 Å². The van der Waals surface area contributed by atoms with Gasteiger partial charge in [0.1, 0.15) is 17.6 Å². The maximum Gasteiger partial charge on any atom is 0.416 e. The summed E-state index contributed by atoms with van der Waals surface area (Å²) in [5, 5.41) is 8.73. The van der Waals surface area contributed by atoms with E-state index in [1.807, 2.05) is 0 Å². The summed E-state index contributed by atoms with van der Waals surface area (Å²) in [6, 6.07) is 1.03. The number of nitrogens with zero attached hydrogens (tertiary/aromatic N) is 3. The van der Waals surface area contributed by atoms with E-state index in [-0.39, 0.29) is 72.7 Å². The molecule has 4 N–H and O–H groups in total. The largest absolute Gasteiger partial charge is 0.455 e. The molecule has 6 rings (SSSR count). The second kappa shape index (κ2) is 14.3. The van der Waals surface area contributed by atoms with E-state index in [2.05, 4.69) is 25.9 Å². The summed E-state index contributed by atoms with van der Waals surface area (Å²) in [6.07, 6.45) is -2.47. The van der Waals surface area contributed by atoms with E-state index in [4.69, 9.17) is 9.15 Å². The molecule has 0 radical (unpaired) electrons. The summed E-state index contributed by atoms with van der Waals surface area (Å²) < 4.78 is 80.4. The monoisotopic (exact) mass is 729 g/mol. The number of amides is 6. The predicted octanol–water partition coefficient (Wildman–Crippen LogP) is 4.31. The zero-order valence-electron chi connectivity index (χ0n) is 27.0. The number of halogens is 5. The number of hydrogen-bond acceptors (Lipinski definition) is 10. The average Bonchev–Trinajstić information content (AvgIpc) is 3.54. The van der Waals surface area contributed by atoms with Gasteiger partial charge in [-0.15, -0.1) is 0 Å². The lowest BCUT2D eigenvalue weighted by molar-refractivity contribution is -0.158. The third kappa shape index (κ3) is 7.25. The highest BCUT2D eigenvalue weighted by Gasteiger charge is 2.46. The van der Waals surface area contributed by atoms with Gasteiger partial charge in [0, 0.05) is 30.0 Å². The Balaban J connectivity index is 0.975. The van der Waals surface area contributed by atoms with Crippen LogP contribution in [0.25, 0.3) is 11.0 Å². The number of aromatic nitrogens is 2. The number of fused-ring (bicyclic) bond motifs is 2. The molecule has 4 aromatic rings. The molecule has 14 nitrogen and oxygen atoms in total. The van der Waals surface area contributed by atoms with E-state index in [0.29, 0.717) is 11.6 Å². The molecule has 0 aliphatic carbocycles.